The lowest BCUT2D eigenvalue weighted by molar-refractivity contribution is -0.141. The molecule has 26 heavy (non-hydrogen) atoms. The van der Waals surface area contributed by atoms with Gasteiger partial charge < -0.3 is 15.4 Å². The highest BCUT2D eigenvalue weighted by Gasteiger charge is 2.14. The number of carbonyl (C=O) groups is 2. The number of fused-ring (bicyclic) bond motifs is 1. The van der Waals surface area contributed by atoms with Crippen molar-refractivity contribution in [3.8, 4) is 0 Å². The van der Waals surface area contributed by atoms with Crippen molar-refractivity contribution in [1.29, 1.82) is 0 Å². The molecule has 2 N–H and O–H groups in total. The van der Waals surface area contributed by atoms with Crippen molar-refractivity contribution in [2.75, 3.05) is 30.8 Å². The number of carbonyl (C=O) groups excluding carboxylic acids is 2. The van der Waals surface area contributed by atoms with Crippen LogP contribution in [-0.2, 0) is 20.7 Å². The van der Waals surface area contributed by atoms with Crippen molar-refractivity contribution in [2.24, 2.45) is 0 Å². The van der Waals surface area contributed by atoms with Crippen LogP contribution >= 0.6 is 11.6 Å². The number of aromatic nitrogens is 2. The van der Waals surface area contributed by atoms with E-state index in [-0.39, 0.29) is 25.0 Å². The Bertz CT molecular complexity index is 811. The van der Waals surface area contributed by atoms with Gasteiger partial charge in [0.05, 0.1) is 24.6 Å². The van der Waals surface area contributed by atoms with Crippen LogP contribution in [0.5, 0.6) is 0 Å². The number of Topliss-reactive ketones (excluding diaryl/α,β-unsaturated/α-hetero) is 1. The van der Waals surface area contributed by atoms with Crippen LogP contribution in [0.1, 0.15) is 32.3 Å². The van der Waals surface area contributed by atoms with E-state index < -0.39 is 5.97 Å². The average Bonchev–Trinajstić information content (AvgIpc) is 2.61. The quantitative estimate of drug-likeness (QED) is 0.647. The maximum absolute atomic E-state index is 12.1. The van der Waals surface area contributed by atoms with Gasteiger partial charge in [0, 0.05) is 31.0 Å². The van der Waals surface area contributed by atoms with Crippen molar-refractivity contribution in [2.45, 2.75) is 33.1 Å². The average molecular weight is 379 g/mol. The second-order valence-corrected chi connectivity index (χ2v) is 6.11. The molecule has 7 nitrogen and oxygen atoms in total. The molecule has 0 bridgehead atoms. The number of nitrogens with zero attached hydrogens (tertiary/aromatic N) is 2. The molecule has 0 spiro atoms. The highest BCUT2D eigenvalue weighted by Crippen LogP contribution is 2.27. The standard InChI is InChI=1S/C18H23ClN4O3/c1-4-20-17-18(21-5-2)23-15-10-13(19)11(9-14(15)22-17)8-12(24)6-7-16(25)26-3/h9-10H,4-8H2,1-3H3,(H,20,22)(H,21,23). The van der Waals surface area contributed by atoms with Crippen LogP contribution in [-0.4, -0.2) is 41.9 Å². The number of methoxy groups -OCH3 is 1. The highest BCUT2D eigenvalue weighted by atomic mass is 35.5. The molecule has 0 aliphatic rings. The van der Waals surface area contributed by atoms with Gasteiger partial charge >= 0.3 is 5.97 Å². The lowest BCUT2D eigenvalue weighted by Crippen LogP contribution is -2.10. The SMILES string of the molecule is CCNc1nc2cc(Cl)c(CC(=O)CCC(=O)OC)cc2nc1NCC. The van der Waals surface area contributed by atoms with Crippen LogP contribution in [0.25, 0.3) is 11.0 Å². The molecule has 0 aliphatic heterocycles. The fraction of sp³-hybridized carbons (Fsp3) is 0.444. The number of benzene rings is 1. The number of ketones is 1. The molecule has 2 rings (SSSR count). The number of hydrogen-bond donors (Lipinski definition) is 2. The van der Waals surface area contributed by atoms with Crippen LogP contribution in [0, 0.1) is 0 Å². The third-order valence-corrected chi connectivity index (χ3v) is 4.10. The van der Waals surface area contributed by atoms with Crippen molar-refractivity contribution < 1.29 is 14.3 Å². The number of nitrogens with one attached hydrogen (secondary N) is 2. The van der Waals surface area contributed by atoms with E-state index in [1.807, 2.05) is 13.8 Å². The van der Waals surface area contributed by atoms with E-state index in [4.69, 9.17) is 11.6 Å². The zero-order valence-electron chi connectivity index (χ0n) is 15.2. The zero-order chi connectivity index (χ0) is 19.1. The molecule has 0 saturated heterocycles. The van der Waals surface area contributed by atoms with Gasteiger partial charge in [-0.25, -0.2) is 9.97 Å². The summed E-state index contributed by atoms with van der Waals surface area (Å²) in [6.07, 6.45) is 0.324. The molecule has 8 heteroatoms. The molecule has 0 fully saturated rings. The predicted molar refractivity (Wildman–Crippen MR) is 103 cm³/mol. The van der Waals surface area contributed by atoms with Crippen molar-refractivity contribution in [3.05, 3.63) is 22.7 Å². The maximum Gasteiger partial charge on any atom is 0.305 e. The number of ether oxygens (including phenoxy) is 1. The van der Waals surface area contributed by atoms with Gasteiger partial charge in [-0.2, -0.15) is 0 Å². The minimum atomic E-state index is -0.403. The molecular weight excluding hydrogens is 356 g/mol. The maximum atomic E-state index is 12.1. The van der Waals surface area contributed by atoms with E-state index in [1.54, 1.807) is 12.1 Å². The Morgan fingerprint density at radius 1 is 1.04 bits per heavy atom. The Balaban J connectivity index is 2.28. The van der Waals surface area contributed by atoms with Gasteiger partial charge in [0.15, 0.2) is 11.6 Å². The molecule has 140 valence electrons. The Morgan fingerprint density at radius 2 is 1.62 bits per heavy atom. The van der Waals surface area contributed by atoms with Gasteiger partial charge in [-0.1, -0.05) is 11.6 Å². The fourth-order valence-corrected chi connectivity index (χ4v) is 2.71. The van der Waals surface area contributed by atoms with Crippen LogP contribution in [0.4, 0.5) is 11.6 Å². The van der Waals surface area contributed by atoms with E-state index in [9.17, 15) is 9.59 Å². The summed E-state index contributed by atoms with van der Waals surface area (Å²) < 4.78 is 4.55. The minimum Gasteiger partial charge on any atom is -0.469 e. The monoisotopic (exact) mass is 378 g/mol. The number of esters is 1. The summed E-state index contributed by atoms with van der Waals surface area (Å²) in [7, 11) is 1.30. The largest absolute Gasteiger partial charge is 0.469 e. The first-order valence-corrected chi connectivity index (χ1v) is 8.92. The van der Waals surface area contributed by atoms with E-state index in [2.05, 4.69) is 25.3 Å². The van der Waals surface area contributed by atoms with Gasteiger partial charge in [0.25, 0.3) is 0 Å². The van der Waals surface area contributed by atoms with Gasteiger partial charge in [0.2, 0.25) is 0 Å². The smallest absolute Gasteiger partial charge is 0.305 e. The van der Waals surface area contributed by atoms with Crippen LogP contribution in [0.15, 0.2) is 12.1 Å². The first kappa shape index (κ1) is 19.9. The first-order chi connectivity index (χ1) is 12.5. The van der Waals surface area contributed by atoms with Crippen LogP contribution in [0.2, 0.25) is 5.02 Å². The lowest BCUT2D eigenvalue weighted by atomic mass is 10.0. The highest BCUT2D eigenvalue weighted by molar-refractivity contribution is 6.32. The number of anilines is 2. The Morgan fingerprint density at radius 3 is 2.15 bits per heavy atom. The topological polar surface area (TPSA) is 93.2 Å². The first-order valence-electron chi connectivity index (χ1n) is 8.54. The predicted octanol–water partition coefficient (Wildman–Crippen LogP) is 3.21. The molecule has 2 aromatic rings. The Kier molecular flexibility index (Phi) is 7.15. The molecule has 1 heterocycles. The molecule has 0 saturated carbocycles. The summed E-state index contributed by atoms with van der Waals surface area (Å²) in [5.41, 5.74) is 1.98. The number of rotatable bonds is 9. The van der Waals surface area contributed by atoms with Crippen molar-refractivity contribution >= 4 is 46.0 Å². The second kappa shape index (κ2) is 9.33. The summed E-state index contributed by atoms with van der Waals surface area (Å²) in [4.78, 5) is 32.4. The van der Waals surface area contributed by atoms with E-state index in [0.29, 0.717) is 39.8 Å². The number of hydrogen-bond acceptors (Lipinski definition) is 7. The second-order valence-electron chi connectivity index (χ2n) is 5.71. The molecule has 1 aromatic heterocycles. The van der Waals surface area contributed by atoms with Crippen molar-refractivity contribution in [1.82, 2.24) is 9.97 Å². The molecule has 0 amide bonds. The molecule has 1 aromatic carbocycles. The van der Waals surface area contributed by atoms with E-state index in [0.717, 1.165) is 6.54 Å². The van der Waals surface area contributed by atoms with Gasteiger partial charge in [-0.3, -0.25) is 9.59 Å². The fourth-order valence-electron chi connectivity index (χ4n) is 2.48. The summed E-state index contributed by atoms with van der Waals surface area (Å²) in [6.45, 7) is 5.40. The molecular formula is C18H23ClN4O3. The van der Waals surface area contributed by atoms with E-state index in [1.165, 1.54) is 7.11 Å². The van der Waals surface area contributed by atoms with Gasteiger partial charge in [0.1, 0.15) is 5.78 Å². The van der Waals surface area contributed by atoms with E-state index >= 15 is 0 Å². The van der Waals surface area contributed by atoms with Crippen LogP contribution < -0.4 is 10.6 Å². The summed E-state index contributed by atoms with van der Waals surface area (Å²) >= 11 is 6.32. The molecule has 0 atom stereocenters. The molecule has 0 aliphatic carbocycles. The van der Waals surface area contributed by atoms with Crippen molar-refractivity contribution in [3.63, 3.8) is 0 Å². The third kappa shape index (κ3) is 5.05. The Hall–Kier alpha value is -2.41. The zero-order valence-corrected chi connectivity index (χ0v) is 15.9. The summed E-state index contributed by atoms with van der Waals surface area (Å²) in [6, 6.07) is 3.49. The minimum absolute atomic E-state index is 0.0664. The molecule has 0 unspecified atom stereocenters. The summed E-state index contributed by atoms with van der Waals surface area (Å²) in [5, 5.41) is 6.81. The number of halogens is 1. The lowest BCUT2D eigenvalue weighted by Gasteiger charge is -2.12. The third-order valence-electron chi connectivity index (χ3n) is 3.74. The van der Waals surface area contributed by atoms with Gasteiger partial charge in [-0.05, 0) is 31.5 Å². The Labute approximate surface area is 157 Å². The van der Waals surface area contributed by atoms with Crippen LogP contribution in [0.3, 0.4) is 0 Å². The summed E-state index contributed by atoms with van der Waals surface area (Å²) in [5.74, 6) is 0.841. The normalized spacial score (nSPS) is 10.6. The van der Waals surface area contributed by atoms with Gasteiger partial charge in [-0.15, -0.1) is 0 Å². The molecule has 0 radical (unpaired) electrons.